The number of aliphatic hydroxyl groups is 2. The maximum absolute atomic E-state index is 12.6. The van der Waals surface area contributed by atoms with Gasteiger partial charge in [-0.05, 0) is 77.0 Å². The summed E-state index contributed by atoms with van der Waals surface area (Å²) in [6.45, 7) is 2.20. The molecule has 0 radical (unpaired) electrons. The molecule has 1 rings (SSSR count). The smallest absolute Gasteiger partial charge is 0.462 e. The van der Waals surface area contributed by atoms with Crippen LogP contribution >= 0.6 is 7.82 Å². The topological polar surface area (TPSA) is 161 Å². The molecule has 5 atom stereocenters. The van der Waals surface area contributed by atoms with Gasteiger partial charge in [-0.15, -0.1) is 0 Å². The van der Waals surface area contributed by atoms with E-state index in [0.717, 1.165) is 38.5 Å². The minimum absolute atomic E-state index is 0.0903. The van der Waals surface area contributed by atoms with Gasteiger partial charge in [-0.2, -0.15) is 0 Å². The van der Waals surface area contributed by atoms with E-state index in [9.17, 15) is 24.2 Å². The van der Waals surface area contributed by atoms with Gasteiger partial charge in [0.2, 0.25) is 0 Å². The predicted octanol–water partition coefficient (Wildman–Crippen LogP) is 10.7. The first kappa shape index (κ1) is 53.4. The molecule has 12 heteroatoms. The van der Waals surface area contributed by atoms with Crippen molar-refractivity contribution in [3.05, 3.63) is 72.9 Å². The summed E-state index contributed by atoms with van der Waals surface area (Å²) >= 11 is 0. The molecule has 0 aromatic rings. The van der Waals surface area contributed by atoms with E-state index in [1.807, 2.05) is 18.2 Å². The molecule has 0 aromatic carbocycles. The van der Waals surface area contributed by atoms with E-state index in [1.165, 1.54) is 64.2 Å². The zero-order chi connectivity index (χ0) is 42.4. The first-order chi connectivity index (χ1) is 28.2. The molecule has 0 aliphatic carbocycles. The molecular weight excluding hydrogens is 759 g/mol. The molecule has 3 unspecified atom stereocenters. The van der Waals surface area contributed by atoms with Crippen molar-refractivity contribution in [2.45, 2.75) is 180 Å². The summed E-state index contributed by atoms with van der Waals surface area (Å²) in [5.74, 6) is -1.06. The fourth-order valence-corrected chi connectivity index (χ4v) is 6.53. The van der Waals surface area contributed by atoms with E-state index < -0.39 is 51.8 Å². The molecule has 1 saturated heterocycles. The third-order valence-electron chi connectivity index (χ3n) is 9.26. The maximum Gasteiger partial charge on any atom is 0.472 e. The second-order valence-electron chi connectivity index (χ2n) is 14.7. The monoisotopic (exact) mass is 837 g/mol. The zero-order valence-electron chi connectivity index (χ0n) is 35.7. The van der Waals surface area contributed by atoms with Gasteiger partial charge in [0.15, 0.2) is 6.10 Å². The van der Waals surface area contributed by atoms with Crippen molar-refractivity contribution in [3.63, 3.8) is 0 Å². The van der Waals surface area contributed by atoms with Crippen molar-refractivity contribution in [1.29, 1.82) is 0 Å². The Hall–Kier alpha value is -2.63. The van der Waals surface area contributed by atoms with Crippen molar-refractivity contribution in [1.82, 2.24) is 0 Å². The summed E-state index contributed by atoms with van der Waals surface area (Å²) in [6.07, 6.45) is 44.9. The quantitative estimate of drug-likeness (QED) is 0.0178. The third kappa shape index (κ3) is 34.3. The Morgan fingerprint density at radius 1 is 0.621 bits per heavy atom. The Morgan fingerprint density at radius 2 is 1.12 bits per heavy atom. The number of carbonyl (C=O) groups is 2. The number of phosphoric ester groups is 1. The number of hydrogen-bond donors (Lipinski definition) is 3. The van der Waals surface area contributed by atoms with Gasteiger partial charge < -0.3 is 29.3 Å². The molecule has 1 aliphatic heterocycles. The number of rotatable bonds is 39. The van der Waals surface area contributed by atoms with E-state index >= 15 is 0 Å². The lowest BCUT2D eigenvalue weighted by Gasteiger charge is -2.20. The highest BCUT2D eigenvalue weighted by molar-refractivity contribution is 7.47. The first-order valence-electron chi connectivity index (χ1n) is 22.0. The van der Waals surface area contributed by atoms with Crippen LogP contribution in [0.5, 0.6) is 0 Å². The minimum atomic E-state index is -4.65. The largest absolute Gasteiger partial charge is 0.472 e. The highest BCUT2D eigenvalue weighted by Crippen LogP contribution is 2.43. The van der Waals surface area contributed by atoms with Crippen LogP contribution in [0.25, 0.3) is 0 Å². The molecule has 11 nitrogen and oxygen atoms in total. The summed E-state index contributed by atoms with van der Waals surface area (Å²) in [5, 5.41) is 18.3. The average molecular weight is 837 g/mol. The molecule has 1 aliphatic rings. The second-order valence-corrected chi connectivity index (χ2v) is 16.2. The summed E-state index contributed by atoms with van der Waals surface area (Å²) in [4.78, 5) is 35.0. The number of esters is 2. The van der Waals surface area contributed by atoms with Crippen molar-refractivity contribution in [2.75, 3.05) is 26.4 Å². The number of phosphoric acid groups is 1. The van der Waals surface area contributed by atoms with Crippen LogP contribution in [0.2, 0.25) is 0 Å². The Bertz CT molecular complexity index is 1260. The Morgan fingerprint density at radius 3 is 1.72 bits per heavy atom. The van der Waals surface area contributed by atoms with E-state index in [4.69, 9.17) is 23.8 Å². The third-order valence-corrected chi connectivity index (χ3v) is 10.2. The summed E-state index contributed by atoms with van der Waals surface area (Å²) in [6, 6.07) is 0. The van der Waals surface area contributed by atoms with E-state index in [0.29, 0.717) is 37.9 Å². The number of allylic oxidation sites excluding steroid dienone is 11. The van der Waals surface area contributed by atoms with Crippen LogP contribution in [0, 0.1) is 0 Å². The van der Waals surface area contributed by atoms with Gasteiger partial charge in [0.1, 0.15) is 12.7 Å². The van der Waals surface area contributed by atoms with Crippen LogP contribution < -0.4 is 0 Å². The van der Waals surface area contributed by atoms with Crippen molar-refractivity contribution in [3.8, 4) is 0 Å². The molecule has 0 spiro atoms. The second kappa shape index (κ2) is 37.4. The van der Waals surface area contributed by atoms with Gasteiger partial charge >= 0.3 is 19.8 Å². The van der Waals surface area contributed by atoms with Crippen LogP contribution in [-0.2, 0) is 37.4 Å². The molecular formula is C46H77O11P. The van der Waals surface area contributed by atoms with Gasteiger partial charge in [0.05, 0.1) is 32.0 Å². The molecule has 0 saturated carbocycles. The van der Waals surface area contributed by atoms with Crippen molar-refractivity contribution in [2.24, 2.45) is 0 Å². The number of carbonyl (C=O) groups excluding carboxylic acids is 2. The summed E-state index contributed by atoms with van der Waals surface area (Å²) in [5.41, 5.74) is 0. The highest BCUT2D eigenvalue weighted by atomic mass is 31.2. The van der Waals surface area contributed by atoms with E-state index in [2.05, 4.69) is 73.1 Å². The van der Waals surface area contributed by atoms with E-state index in [1.54, 1.807) is 0 Å². The van der Waals surface area contributed by atoms with Gasteiger partial charge in [0.25, 0.3) is 0 Å². The molecule has 0 bridgehead atoms. The van der Waals surface area contributed by atoms with Crippen LogP contribution in [0.15, 0.2) is 72.9 Å². The fourth-order valence-electron chi connectivity index (χ4n) is 5.74. The Balaban J connectivity index is 2.33. The average Bonchev–Trinajstić information content (AvgIpc) is 3.97. The minimum Gasteiger partial charge on any atom is -0.462 e. The molecule has 1 fully saturated rings. The molecule has 0 amide bonds. The zero-order valence-corrected chi connectivity index (χ0v) is 36.6. The fraction of sp³-hybridized carbons (Fsp3) is 0.696. The van der Waals surface area contributed by atoms with Crippen LogP contribution in [0.3, 0.4) is 0 Å². The number of epoxide rings is 1. The maximum atomic E-state index is 12.6. The van der Waals surface area contributed by atoms with Crippen molar-refractivity contribution >= 4 is 19.8 Å². The Kier molecular flexibility index (Phi) is 34.4. The van der Waals surface area contributed by atoms with Gasteiger partial charge in [-0.3, -0.25) is 18.6 Å². The number of ether oxygens (including phenoxy) is 3. The molecule has 0 aromatic heterocycles. The lowest BCUT2D eigenvalue weighted by atomic mass is 10.1. The SMILES string of the molecule is CCCCCCCC/C=C\C/C=C\C/C=C\CCCC(=O)OC[C@H](COP(=O)(O)OC[C@@H](O)CO)OC(=O)CCC/C=C\C/C=C\C/C=C\CC1OC1CCCCC. The van der Waals surface area contributed by atoms with Crippen molar-refractivity contribution < 1.29 is 52.5 Å². The number of aliphatic hydroxyl groups excluding tert-OH is 2. The van der Waals surface area contributed by atoms with Crippen LogP contribution in [0.1, 0.15) is 155 Å². The van der Waals surface area contributed by atoms with Crippen LogP contribution in [0.4, 0.5) is 0 Å². The highest BCUT2D eigenvalue weighted by Gasteiger charge is 2.36. The molecule has 58 heavy (non-hydrogen) atoms. The molecule has 3 N–H and O–H groups in total. The summed E-state index contributed by atoms with van der Waals surface area (Å²) in [7, 11) is -4.65. The molecule has 332 valence electrons. The summed E-state index contributed by atoms with van der Waals surface area (Å²) < 4.78 is 38.3. The standard InChI is InChI=1S/C46H77O11P/c1-3-5-7-8-9-10-11-12-13-14-15-16-17-21-24-27-31-35-45(49)53-39-42(40-55-58(51,52)54-38-41(48)37-47)56-46(50)36-32-28-25-22-19-18-20-23-26-30-34-44-43(57-44)33-29-6-4-2/h12-13,15-16,18,20-22,24-26,30,41-44,47-48H,3-11,14,17,19,23,27-29,31-40H2,1-2H3,(H,51,52)/b13-12-,16-15-,20-18-,24-21-,25-22-,30-26-/t41-,42+,43?,44?/m0/s1. The first-order valence-corrected chi connectivity index (χ1v) is 23.5. The van der Waals surface area contributed by atoms with E-state index in [-0.39, 0.29) is 19.4 Å². The van der Waals surface area contributed by atoms with Gasteiger partial charge in [-0.1, -0.05) is 138 Å². The number of hydrogen-bond acceptors (Lipinski definition) is 10. The Labute approximate surface area is 350 Å². The predicted molar refractivity (Wildman–Crippen MR) is 232 cm³/mol. The molecule has 1 heterocycles. The van der Waals surface area contributed by atoms with Crippen LogP contribution in [-0.4, -0.2) is 77.9 Å². The van der Waals surface area contributed by atoms with Gasteiger partial charge in [0, 0.05) is 12.8 Å². The lowest BCUT2D eigenvalue weighted by molar-refractivity contribution is -0.161. The normalized spacial score (nSPS) is 18.0. The lowest BCUT2D eigenvalue weighted by Crippen LogP contribution is -2.29. The number of unbranched alkanes of at least 4 members (excludes halogenated alkanes) is 10. The van der Waals surface area contributed by atoms with Gasteiger partial charge in [-0.25, -0.2) is 4.57 Å².